The van der Waals surface area contributed by atoms with Gasteiger partial charge in [0.2, 0.25) is 5.91 Å². The van der Waals surface area contributed by atoms with Crippen molar-refractivity contribution in [3.8, 4) is 0 Å². The lowest BCUT2D eigenvalue weighted by Gasteiger charge is -2.28. The molecule has 1 saturated heterocycles. The lowest BCUT2D eigenvalue weighted by Crippen LogP contribution is -2.39. The second kappa shape index (κ2) is 4.79. The topological polar surface area (TPSA) is 37.4 Å². The molecule has 2 aliphatic rings. The summed E-state index contributed by atoms with van der Waals surface area (Å²) >= 11 is 0. The first kappa shape index (κ1) is 12.6. The first-order chi connectivity index (χ1) is 8.07. The average Bonchev–Trinajstić information content (AvgIpc) is 2.54. The van der Waals surface area contributed by atoms with E-state index in [2.05, 4.69) is 0 Å². The Bertz CT molecular complexity index is 303. The quantitative estimate of drug-likeness (QED) is 0.546. The molecular formula is C14H23NO2. The second-order valence-corrected chi connectivity index (χ2v) is 6.07. The van der Waals surface area contributed by atoms with Crippen LogP contribution < -0.4 is 0 Å². The molecule has 1 saturated carbocycles. The zero-order valence-corrected chi connectivity index (χ0v) is 10.9. The largest absolute Gasteiger partial charge is 0.338 e. The van der Waals surface area contributed by atoms with Gasteiger partial charge in [0.05, 0.1) is 5.41 Å². The van der Waals surface area contributed by atoms with Crippen LogP contribution in [0.15, 0.2) is 0 Å². The molecule has 0 radical (unpaired) electrons. The highest BCUT2D eigenvalue weighted by molar-refractivity contribution is 5.88. The maximum Gasteiger partial charge on any atom is 0.229 e. The minimum absolute atomic E-state index is 0.127. The third kappa shape index (κ3) is 2.24. The Morgan fingerprint density at radius 1 is 1.18 bits per heavy atom. The average molecular weight is 237 g/mol. The summed E-state index contributed by atoms with van der Waals surface area (Å²) in [5.74, 6) is 0.0553. The van der Waals surface area contributed by atoms with E-state index < -0.39 is 5.41 Å². The van der Waals surface area contributed by atoms with Crippen molar-refractivity contribution in [1.82, 2.24) is 4.90 Å². The number of nitrogens with zero attached hydrogens (tertiary/aromatic N) is 1. The maximum absolute atomic E-state index is 12.4. The van der Waals surface area contributed by atoms with Gasteiger partial charge in [-0.05, 0) is 12.8 Å². The Morgan fingerprint density at radius 3 is 2.24 bits per heavy atom. The Labute approximate surface area is 104 Å². The number of amides is 1. The van der Waals surface area contributed by atoms with Gasteiger partial charge in [0.15, 0.2) is 0 Å². The van der Waals surface area contributed by atoms with Gasteiger partial charge in [-0.25, -0.2) is 0 Å². The maximum atomic E-state index is 12.4. The molecule has 3 heteroatoms. The highest BCUT2D eigenvalue weighted by Crippen LogP contribution is 2.38. The van der Waals surface area contributed by atoms with Crippen LogP contribution in [-0.4, -0.2) is 29.7 Å². The number of hydrogen-bond donors (Lipinski definition) is 0. The SMILES string of the molecule is CC1(C)C(=O)N(C2CCCCCC2)CC1C=O. The molecular weight excluding hydrogens is 214 g/mol. The second-order valence-electron chi connectivity index (χ2n) is 6.07. The smallest absolute Gasteiger partial charge is 0.229 e. The Morgan fingerprint density at radius 2 is 1.76 bits per heavy atom. The molecule has 2 rings (SSSR count). The van der Waals surface area contributed by atoms with Crippen LogP contribution >= 0.6 is 0 Å². The van der Waals surface area contributed by atoms with E-state index in [1.54, 1.807) is 0 Å². The molecule has 0 N–H and O–H groups in total. The highest BCUT2D eigenvalue weighted by Gasteiger charge is 2.48. The molecule has 0 aromatic rings. The van der Waals surface area contributed by atoms with Crippen LogP contribution in [0.4, 0.5) is 0 Å². The summed E-state index contributed by atoms with van der Waals surface area (Å²) in [5.41, 5.74) is -0.492. The van der Waals surface area contributed by atoms with Crippen LogP contribution in [0.5, 0.6) is 0 Å². The Balaban J connectivity index is 2.11. The van der Waals surface area contributed by atoms with E-state index >= 15 is 0 Å². The van der Waals surface area contributed by atoms with Crippen LogP contribution in [0, 0.1) is 11.3 Å². The monoisotopic (exact) mass is 237 g/mol. The molecule has 0 aromatic carbocycles. The van der Waals surface area contributed by atoms with E-state index in [0.29, 0.717) is 12.6 Å². The molecule has 1 heterocycles. The van der Waals surface area contributed by atoms with Crippen LogP contribution in [0.1, 0.15) is 52.4 Å². The van der Waals surface area contributed by atoms with E-state index in [0.717, 1.165) is 19.1 Å². The fourth-order valence-corrected chi connectivity index (χ4v) is 3.15. The minimum atomic E-state index is -0.492. The first-order valence-electron chi connectivity index (χ1n) is 6.83. The predicted molar refractivity (Wildman–Crippen MR) is 66.5 cm³/mol. The van der Waals surface area contributed by atoms with E-state index in [4.69, 9.17) is 0 Å². The van der Waals surface area contributed by atoms with Gasteiger partial charge in [0.25, 0.3) is 0 Å². The lowest BCUT2D eigenvalue weighted by atomic mass is 9.82. The van der Waals surface area contributed by atoms with Crippen molar-refractivity contribution in [2.24, 2.45) is 11.3 Å². The zero-order valence-electron chi connectivity index (χ0n) is 10.9. The van der Waals surface area contributed by atoms with Gasteiger partial charge in [-0.2, -0.15) is 0 Å². The Hall–Kier alpha value is -0.860. The van der Waals surface area contributed by atoms with E-state index in [1.165, 1.54) is 25.7 Å². The van der Waals surface area contributed by atoms with Crippen molar-refractivity contribution >= 4 is 12.2 Å². The standard InChI is InChI=1S/C14H23NO2/c1-14(2)11(10-16)9-15(13(14)17)12-7-5-3-4-6-8-12/h10-12H,3-9H2,1-2H3. The summed E-state index contributed by atoms with van der Waals surface area (Å²) < 4.78 is 0. The molecule has 1 amide bonds. The van der Waals surface area contributed by atoms with Crippen molar-refractivity contribution in [1.29, 1.82) is 0 Å². The van der Waals surface area contributed by atoms with Crippen molar-refractivity contribution in [3.05, 3.63) is 0 Å². The summed E-state index contributed by atoms with van der Waals surface area (Å²) in [6.07, 6.45) is 8.23. The molecule has 1 atom stereocenters. The van der Waals surface area contributed by atoms with Crippen LogP contribution in [-0.2, 0) is 9.59 Å². The third-order valence-corrected chi connectivity index (χ3v) is 4.56. The summed E-state index contributed by atoms with van der Waals surface area (Å²) in [6.45, 7) is 4.45. The predicted octanol–water partition coefficient (Wildman–Crippen LogP) is 2.39. The van der Waals surface area contributed by atoms with Crippen LogP contribution in [0.3, 0.4) is 0 Å². The van der Waals surface area contributed by atoms with Crippen molar-refractivity contribution in [3.63, 3.8) is 0 Å². The van der Waals surface area contributed by atoms with Crippen LogP contribution in [0.2, 0.25) is 0 Å². The van der Waals surface area contributed by atoms with Gasteiger partial charge >= 0.3 is 0 Å². The fourth-order valence-electron chi connectivity index (χ4n) is 3.15. The number of likely N-dealkylation sites (tertiary alicyclic amines) is 1. The van der Waals surface area contributed by atoms with Crippen LogP contribution in [0.25, 0.3) is 0 Å². The molecule has 1 aliphatic carbocycles. The molecule has 2 fully saturated rings. The van der Waals surface area contributed by atoms with Gasteiger partial charge in [0, 0.05) is 18.5 Å². The van der Waals surface area contributed by atoms with Gasteiger partial charge in [-0.15, -0.1) is 0 Å². The van der Waals surface area contributed by atoms with Crippen molar-refractivity contribution < 1.29 is 9.59 Å². The summed E-state index contributed by atoms with van der Waals surface area (Å²) in [5, 5.41) is 0. The minimum Gasteiger partial charge on any atom is -0.338 e. The molecule has 0 aromatic heterocycles. The van der Waals surface area contributed by atoms with Gasteiger partial charge in [-0.3, -0.25) is 4.79 Å². The molecule has 3 nitrogen and oxygen atoms in total. The summed E-state index contributed by atoms with van der Waals surface area (Å²) in [4.78, 5) is 25.5. The van der Waals surface area contributed by atoms with Crippen molar-refractivity contribution in [2.75, 3.05) is 6.54 Å². The number of carbonyl (C=O) groups is 2. The van der Waals surface area contributed by atoms with E-state index in [1.807, 2.05) is 18.7 Å². The molecule has 1 aliphatic heterocycles. The van der Waals surface area contributed by atoms with E-state index in [9.17, 15) is 9.59 Å². The third-order valence-electron chi connectivity index (χ3n) is 4.56. The molecule has 96 valence electrons. The normalized spacial score (nSPS) is 30.4. The summed E-state index contributed by atoms with van der Waals surface area (Å²) in [7, 11) is 0. The number of rotatable bonds is 2. The number of aldehydes is 1. The van der Waals surface area contributed by atoms with Gasteiger partial charge in [0.1, 0.15) is 6.29 Å². The fraction of sp³-hybridized carbons (Fsp3) is 0.857. The zero-order chi connectivity index (χ0) is 12.5. The first-order valence-corrected chi connectivity index (χ1v) is 6.83. The summed E-state index contributed by atoms with van der Waals surface area (Å²) in [6, 6.07) is 0.384. The number of carbonyl (C=O) groups excluding carboxylic acids is 2. The molecule has 0 spiro atoms. The lowest BCUT2D eigenvalue weighted by molar-refractivity contribution is -0.138. The number of hydrogen-bond acceptors (Lipinski definition) is 2. The Kier molecular flexibility index (Phi) is 3.55. The van der Waals surface area contributed by atoms with Gasteiger partial charge in [-0.1, -0.05) is 39.5 Å². The van der Waals surface area contributed by atoms with Crippen molar-refractivity contribution in [2.45, 2.75) is 58.4 Å². The van der Waals surface area contributed by atoms with Gasteiger partial charge < -0.3 is 9.69 Å². The highest BCUT2D eigenvalue weighted by atomic mass is 16.2. The molecule has 1 unspecified atom stereocenters. The molecule has 17 heavy (non-hydrogen) atoms. The molecule has 0 bridgehead atoms. The van der Waals surface area contributed by atoms with E-state index in [-0.39, 0.29) is 11.8 Å².